The molecule has 0 aliphatic heterocycles. The molecule has 0 amide bonds. The summed E-state index contributed by atoms with van der Waals surface area (Å²) in [6.07, 6.45) is 1.84. The van der Waals surface area contributed by atoms with E-state index < -0.39 is 0 Å². The average Bonchev–Trinajstić information content (AvgIpc) is 3.50. The Morgan fingerprint density at radius 2 is 1.04 bits per heavy atom. The first-order valence-corrected chi connectivity index (χ1v) is 8.68. The van der Waals surface area contributed by atoms with Crippen LogP contribution in [0, 0.1) is 0 Å². The fourth-order valence-corrected chi connectivity index (χ4v) is 2.60. The minimum absolute atomic E-state index is 0. The van der Waals surface area contributed by atoms with Gasteiger partial charge in [-0.2, -0.15) is 84.4 Å². The Kier molecular flexibility index (Phi) is 11.6. The van der Waals surface area contributed by atoms with Crippen LogP contribution >= 0.6 is 0 Å². The summed E-state index contributed by atoms with van der Waals surface area (Å²) < 4.78 is 0. The van der Waals surface area contributed by atoms with Gasteiger partial charge in [0, 0.05) is 6.20 Å². The Labute approximate surface area is 188 Å². The van der Waals surface area contributed by atoms with Crippen molar-refractivity contribution in [3.8, 4) is 22.4 Å². The number of hydrogen-bond acceptors (Lipinski definition) is 1. The molecule has 4 aromatic carbocycles. The van der Waals surface area contributed by atoms with E-state index in [4.69, 9.17) is 0 Å². The van der Waals surface area contributed by atoms with Gasteiger partial charge >= 0.3 is 34.1 Å². The van der Waals surface area contributed by atoms with E-state index in [1.807, 2.05) is 85.1 Å². The van der Waals surface area contributed by atoms with Crippen molar-refractivity contribution in [2.75, 3.05) is 0 Å². The number of pyridine rings is 1. The normalized spacial score (nSPS) is 8.86. The van der Waals surface area contributed by atoms with Gasteiger partial charge in [-0.25, -0.2) is 24.3 Å². The van der Waals surface area contributed by atoms with Crippen molar-refractivity contribution in [2.24, 2.45) is 0 Å². The van der Waals surface area contributed by atoms with E-state index in [1.54, 1.807) is 0 Å². The van der Waals surface area contributed by atoms with Crippen LogP contribution in [-0.2, 0) is 34.1 Å². The Balaban J connectivity index is 0.000000271. The van der Waals surface area contributed by atoms with Crippen molar-refractivity contribution in [3.63, 3.8) is 0 Å². The zero-order valence-electron chi connectivity index (χ0n) is 15.3. The topological polar surface area (TPSA) is 12.9 Å². The summed E-state index contributed by atoms with van der Waals surface area (Å²) in [5, 5.41) is 0. The molecule has 0 saturated heterocycles. The molecular formula is C25H21Fe2N. The van der Waals surface area contributed by atoms with Gasteiger partial charge in [0.05, 0.1) is 0 Å². The number of aromatic nitrogens is 1. The molecule has 0 aliphatic carbocycles. The summed E-state index contributed by atoms with van der Waals surface area (Å²) in [5.74, 6) is 0. The molecule has 5 rings (SSSR count). The van der Waals surface area contributed by atoms with Gasteiger partial charge in [0.1, 0.15) is 0 Å². The van der Waals surface area contributed by atoms with E-state index >= 15 is 0 Å². The Morgan fingerprint density at radius 1 is 0.571 bits per heavy atom. The van der Waals surface area contributed by atoms with Crippen LogP contribution in [0.3, 0.4) is 0 Å². The molecule has 3 heteroatoms. The zero-order valence-corrected chi connectivity index (χ0v) is 17.5. The van der Waals surface area contributed by atoms with Crippen molar-refractivity contribution in [1.29, 1.82) is 0 Å². The largest absolute Gasteiger partial charge is 2.00 e. The fourth-order valence-electron chi connectivity index (χ4n) is 2.60. The molecular weight excluding hydrogens is 426 g/mol. The van der Waals surface area contributed by atoms with Gasteiger partial charge in [-0.3, -0.25) is 0 Å². The van der Waals surface area contributed by atoms with E-state index in [0.29, 0.717) is 0 Å². The van der Waals surface area contributed by atoms with Crippen LogP contribution in [0.4, 0.5) is 0 Å². The number of nitrogens with zero attached hydrogens (tertiary/aromatic N) is 1. The minimum atomic E-state index is 0. The van der Waals surface area contributed by atoms with Gasteiger partial charge < -0.3 is 4.98 Å². The molecule has 0 radical (unpaired) electrons. The van der Waals surface area contributed by atoms with Gasteiger partial charge in [0.25, 0.3) is 0 Å². The van der Waals surface area contributed by atoms with Crippen molar-refractivity contribution >= 4 is 0 Å². The molecule has 1 aromatic heterocycles. The van der Waals surface area contributed by atoms with Crippen LogP contribution in [0.2, 0.25) is 0 Å². The Morgan fingerprint density at radius 3 is 1.46 bits per heavy atom. The van der Waals surface area contributed by atoms with Crippen molar-refractivity contribution in [1.82, 2.24) is 4.98 Å². The maximum Gasteiger partial charge on any atom is 2.00 e. The van der Waals surface area contributed by atoms with Crippen LogP contribution in [-0.4, -0.2) is 4.98 Å². The molecule has 0 unspecified atom stereocenters. The second-order valence-corrected chi connectivity index (χ2v) is 5.67. The molecule has 142 valence electrons. The standard InChI is InChI=1S/C15H11N.2C5H5.2Fe/c1-2-7-12(6-1)14-10-5-11-16-15(14)13-8-3-4-9-13;2*1-2-4-5-3-1;;/h1-11H;2*1-5H;;/q-2;2*-1;2*+2. The van der Waals surface area contributed by atoms with Gasteiger partial charge in [0.2, 0.25) is 0 Å². The quantitative estimate of drug-likeness (QED) is 0.218. The molecule has 0 aliphatic rings. The fraction of sp³-hybridized carbons (Fsp3) is 0. The first-order chi connectivity index (χ1) is 12.9. The second-order valence-electron chi connectivity index (χ2n) is 5.67. The minimum Gasteiger partial charge on any atom is -0.315 e. The van der Waals surface area contributed by atoms with E-state index in [0.717, 1.165) is 5.69 Å². The third-order valence-corrected chi connectivity index (χ3v) is 3.83. The van der Waals surface area contributed by atoms with Crippen molar-refractivity contribution in [3.05, 3.63) is 128 Å². The van der Waals surface area contributed by atoms with E-state index in [9.17, 15) is 0 Å². The maximum atomic E-state index is 4.48. The van der Waals surface area contributed by atoms with Crippen LogP contribution < -0.4 is 0 Å². The van der Waals surface area contributed by atoms with Gasteiger partial charge in [-0.15, -0.1) is 23.3 Å². The molecule has 28 heavy (non-hydrogen) atoms. The predicted molar refractivity (Wildman–Crippen MR) is 110 cm³/mol. The summed E-state index contributed by atoms with van der Waals surface area (Å²) in [6, 6.07) is 40.7. The van der Waals surface area contributed by atoms with E-state index in [2.05, 4.69) is 47.4 Å². The summed E-state index contributed by atoms with van der Waals surface area (Å²) in [7, 11) is 0. The van der Waals surface area contributed by atoms with Gasteiger partial charge in [-0.1, -0.05) is 11.8 Å². The summed E-state index contributed by atoms with van der Waals surface area (Å²) in [6.45, 7) is 0. The third-order valence-electron chi connectivity index (χ3n) is 3.83. The van der Waals surface area contributed by atoms with Crippen LogP contribution in [0.5, 0.6) is 0 Å². The van der Waals surface area contributed by atoms with Crippen molar-refractivity contribution < 1.29 is 34.1 Å². The second kappa shape index (κ2) is 13.7. The molecule has 0 N–H and O–H groups in total. The third kappa shape index (κ3) is 7.31. The summed E-state index contributed by atoms with van der Waals surface area (Å²) >= 11 is 0. The number of rotatable bonds is 2. The smallest absolute Gasteiger partial charge is 0.315 e. The molecule has 1 nitrogen and oxygen atoms in total. The van der Waals surface area contributed by atoms with Crippen molar-refractivity contribution in [2.45, 2.75) is 0 Å². The van der Waals surface area contributed by atoms with Crippen LogP contribution in [0.15, 0.2) is 128 Å². The molecule has 0 saturated carbocycles. The Hall–Kier alpha value is -2.41. The molecule has 0 bridgehead atoms. The first kappa shape index (κ1) is 23.6. The van der Waals surface area contributed by atoms with Crippen LogP contribution in [0.25, 0.3) is 22.4 Å². The van der Waals surface area contributed by atoms with Crippen LogP contribution in [0.1, 0.15) is 0 Å². The molecule has 0 spiro atoms. The van der Waals surface area contributed by atoms with E-state index in [1.165, 1.54) is 16.7 Å². The van der Waals surface area contributed by atoms with Gasteiger partial charge in [-0.05, 0) is 0 Å². The summed E-state index contributed by atoms with van der Waals surface area (Å²) in [5.41, 5.74) is 4.65. The number of hydrogen-bond donors (Lipinski definition) is 0. The molecule has 5 aromatic rings. The molecule has 0 atom stereocenters. The molecule has 1 heterocycles. The maximum absolute atomic E-state index is 4.48. The predicted octanol–water partition coefficient (Wildman–Crippen LogP) is 6.66. The Bertz CT molecular complexity index is 803. The monoisotopic (exact) mass is 447 g/mol. The first-order valence-electron chi connectivity index (χ1n) is 8.68. The summed E-state index contributed by atoms with van der Waals surface area (Å²) in [4.78, 5) is 4.48. The van der Waals surface area contributed by atoms with Gasteiger partial charge in [0.15, 0.2) is 0 Å². The SMILES string of the molecule is [Fe+2].[Fe+2].c1cc[cH-]c1.c1cc[cH-]c1.c1cnc(-[c-]2cccc2)c(-[c-]2cccc2)c1. The van der Waals surface area contributed by atoms with E-state index in [-0.39, 0.29) is 34.1 Å². The average molecular weight is 447 g/mol. The zero-order chi connectivity index (χ0) is 17.9. The molecule has 0 fully saturated rings.